The largest absolute Gasteiger partial charge is 3.00 e. The minimum absolute atomic E-state index is 0. The number of rotatable bonds is 3. The fraction of sp³-hybridized carbons (Fsp3) is 0.0233. The van der Waals surface area contributed by atoms with Crippen molar-refractivity contribution in [3.63, 3.8) is 0 Å². The summed E-state index contributed by atoms with van der Waals surface area (Å²) in [6.45, 7) is 2.03. The van der Waals surface area contributed by atoms with Gasteiger partial charge in [0.05, 0.1) is 22.2 Å². The molecule has 0 aliphatic carbocycles. The average Bonchev–Trinajstić information content (AvgIpc) is 3.80. The molecule has 0 atom stereocenters. The zero-order chi connectivity index (χ0) is 31.3. The van der Waals surface area contributed by atoms with Gasteiger partial charge in [-0.05, 0) is 47.5 Å². The van der Waals surface area contributed by atoms with Gasteiger partial charge in [-0.2, -0.15) is 12.1 Å². The Labute approximate surface area is 291 Å². The monoisotopic (exact) mass is 793 g/mol. The standard InChI is InChI=1S/C31H18N3.C12H10N.Ir/c1-2-9-21(10-3-1)32-20-33(29-16-7-6-15-28(29)32)22-17-18-24-26-13-8-12-25-23-11-4-5-14-27(23)34(31(25)26)30(24)19-22;1-10-7-8-12(13-9-10)11-5-3-2-4-6-11;/h1-18H;2-5,7-9H,1H3;/q2*-1;+3. The van der Waals surface area contributed by atoms with E-state index < -0.39 is 0 Å². The van der Waals surface area contributed by atoms with E-state index in [1.165, 1.54) is 38.1 Å². The molecule has 4 heterocycles. The summed E-state index contributed by atoms with van der Waals surface area (Å²) >= 11 is 0. The molecular weight excluding hydrogens is 765 g/mol. The van der Waals surface area contributed by atoms with Crippen molar-refractivity contribution in [1.82, 2.24) is 14.0 Å². The molecule has 0 saturated carbocycles. The predicted molar refractivity (Wildman–Crippen MR) is 190 cm³/mol. The zero-order valence-electron chi connectivity index (χ0n) is 26.1. The van der Waals surface area contributed by atoms with E-state index in [1.54, 1.807) is 0 Å². The Morgan fingerprint density at radius 2 is 1.35 bits per heavy atom. The minimum Gasteiger partial charge on any atom is -0.334 e. The van der Waals surface area contributed by atoms with Crippen LogP contribution in [-0.4, -0.2) is 14.0 Å². The van der Waals surface area contributed by atoms with E-state index in [2.05, 4.69) is 146 Å². The molecule has 0 spiro atoms. The van der Waals surface area contributed by atoms with Crippen molar-refractivity contribution < 1.29 is 24.7 Å². The van der Waals surface area contributed by atoms with Crippen LogP contribution in [0.2, 0.25) is 0 Å². The van der Waals surface area contributed by atoms with E-state index in [0.29, 0.717) is 0 Å². The number of benzene rings is 6. The van der Waals surface area contributed by atoms with E-state index in [1.807, 2.05) is 49.5 Å². The van der Waals surface area contributed by atoms with Crippen molar-refractivity contribution in [2.75, 3.05) is 0 Å². The molecule has 0 unspecified atom stereocenters. The van der Waals surface area contributed by atoms with Gasteiger partial charge in [-0.3, -0.25) is 4.57 Å². The molecule has 0 saturated heterocycles. The van der Waals surface area contributed by atoms with Gasteiger partial charge in [0.1, 0.15) is 0 Å². The van der Waals surface area contributed by atoms with Gasteiger partial charge in [-0.1, -0.05) is 96.5 Å². The Kier molecular flexibility index (Phi) is 7.57. The van der Waals surface area contributed by atoms with Crippen LogP contribution in [0.1, 0.15) is 5.56 Å². The number of pyridine rings is 1. The van der Waals surface area contributed by atoms with Crippen LogP contribution < -0.4 is 4.57 Å². The molecule has 10 aromatic rings. The fourth-order valence-electron chi connectivity index (χ4n) is 6.65. The zero-order valence-corrected chi connectivity index (χ0v) is 28.5. The molecule has 0 aliphatic heterocycles. The molecule has 0 bridgehead atoms. The number of para-hydroxylation sites is 5. The first kappa shape index (κ1) is 29.8. The van der Waals surface area contributed by atoms with Crippen LogP contribution in [-0.2, 0) is 20.1 Å². The van der Waals surface area contributed by atoms with Gasteiger partial charge >= 0.3 is 20.1 Å². The van der Waals surface area contributed by atoms with Crippen LogP contribution in [0.4, 0.5) is 0 Å². The van der Waals surface area contributed by atoms with Crippen molar-refractivity contribution in [2.45, 2.75) is 6.92 Å². The summed E-state index contributed by atoms with van der Waals surface area (Å²) in [4.78, 5) is 4.32. The van der Waals surface area contributed by atoms with Gasteiger partial charge in [-0.15, -0.1) is 47.3 Å². The summed E-state index contributed by atoms with van der Waals surface area (Å²) < 4.78 is 6.61. The summed E-state index contributed by atoms with van der Waals surface area (Å²) in [6, 6.07) is 57.3. The number of hydrogen-bond donors (Lipinski definition) is 0. The first-order valence-electron chi connectivity index (χ1n) is 15.7. The second-order valence-electron chi connectivity index (χ2n) is 11.8. The van der Waals surface area contributed by atoms with E-state index in [-0.39, 0.29) is 20.1 Å². The van der Waals surface area contributed by atoms with Crippen molar-refractivity contribution in [3.8, 4) is 22.6 Å². The third-order valence-corrected chi connectivity index (χ3v) is 8.83. The molecule has 0 N–H and O–H groups in total. The Morgan fingerprint density at radius 3 is 2.15 bits per heavy atom. The number of aryl methyl sites for hydroxylation is 1. The number of hydrogen-bond acceptors (Lipinski definition) is 1. The van der Waals surface area contributed by atoms with Gasteiger partial charge in [0.25, 0.3) is 6.33 Å². The molecule has 6 aromatic carbocycles. The van der Waals surface area contributed by atoms with Gasteiger partial charge in [0, 0.05) is 22.5 Å². The van der Waals surface area contributed by atoms with E-state index in [9.17, 15) is 0 Å². The van der Waals surface area contributed by atoms with Crippen molar-refractivity contribution in [3.05, 3.63) is 176 Å². The Hall–Kier alpha value is -5.61. The molecule has 0 amide bonds. The molecule has 4 aromatic heterocycles. The Morgan fingerprint density at radius 1 is 0.625 bits per heavy atom. The molecule has 10 rings (SSSR count). The van der Waals surface area contributed by atoms with E-state index in [4.69, 9.17) is 0 Å². The van der Waals surface area contributed by atoms with Gasteiger partial charge in [0.2, 0.25) is 0 Å². The van der Waals surface area contributed by atoms with Gasteiger partial charge in [-0.25, -0.2) is 0 Å². The smallest absolute Gasteiger partial charge is 0.334 e. The third kappa shape index (κ3) is 4.87. The summed E-state index contributed by atoms with van der Waals surface area (Å²) in [6.07, 6.45) is 5.45. The Bertz CT molecular complexity index is 2670. The second kappa shape index (κ2) is 12.2. The molecule has 0 aliphatic rings. The third-order valence-electron chi connectivity index (χ3n) is 8.83. The molecule has 0 fully saturated rings. The Balaban J connectivity index is 0.000000203. The van der Waals surface area contributed by atoms with Crippen LogP contribution >= 0.6 is 0 Å². The summed E-state index contributed by atoms with van der Waals surface area (Å²) in [5.41, 5.74) is 11.1. The van der Waals surface area contributed by atoms with Crippen LogP contribution in [0.5, 0.6) is 0 Å². The normalized spacial score (nSPS) is 11.3. The summed E-state index contributed by atoms with van der Waals surface area (Å²) in [5.74, 6) is 0. The number of fused-ring (bicyclic) bond motifs is 7. The predicted octanol–water partition coefficient (Wildman–Crippen LogP) is 9.51. The average molecular weight is 793 g/mol. The molecule has 4 nitrogen and oxygen atoms in total. The maximum Gasteiger partial charge on any atom is 3.00 e. The van der Waals surface area contributed by atoms with Crippen molar-refractivity contribution >= 4 is 49.1 Å². The maximum absolute atomic E-state index is 4.32. The fourth-order valence-corrected chi connectivity index (χ4v) is 6.65. The second-order valence-corrected chi connectivity index (χ2v) is 11.8. The summed E-state index contributed by atoms with van der Waals surface area (Å²) in [7, 11) is 0. The van der Waals surface area contributed by atoms with Gasteiger partial charge in [0.15, 0.2) is 0 Å². The number of nitrogens with zero attached hydrogens (tertiary/aromatic N) is 4. The minimum atomic E-state index is 0. The molecule has 0 radical (unpaired) electrons. The summed E-state index contributed by atoms with van der Waals surface area (Å²) in [5, 5.41) is 5.07. The first-order chi connectivity index (χ1) is 23.2. The maximum atomic E-state index is 4.32. The van der Waals surface area contributed by atoms with Crippen molar-refractivity contribution in [2.24, 2.45) is 0 Å². The number of imidazole rings is 1. The van der Waals surface area contributed by atoms with Crippen molar-refractivity contribution in [1.29, 1.82) is 0 Å². The van der Waals surface area contributed by atoms with E-state index in [0.717, 1.165) is 39.2 Å². The van der Waals surface area contributed by atoms with Crippen LogP contribution in [0.25, 0.3) is 71.8 Å². The van der Waals surface area contributed by atoms with E-state index >= 15 is 0 Å². The first-order valence-corrected chi connectivity index (χ1v) is 15.7. The quantitative estimate of drug-likeness (QED) is 0.129. The molecule has 228 valence electrons. The topological polar surface area (TPSA) is 26.1 Å². The molecule has 48 heavy (non-hydrogen) atoms. The van der Waals surface area contributed by atoms with Gasteiger partial charge < -0.3 is 14.0 Å². The number of aromatic nitrogens is 4. The molecule has 5 heteroatoms. The molecular formula is C43H28IrN4+. The van der Waals surface area contributed by atoms with Crippen LogP contribution in [0.15, 0.2) is 152 Å². The van der Waals surface area contributed by atoms with Crippen LogP contribution in [0, 0.1) is 25.4 Å². The van der Waals surface area contributed by atoms with Crippen LogP contribution in [0.3, 0.4) is 0 Å². The SMILES string of the molecule is Cc1ccc(-c2[c-]cccc2)nc1.[Ir+3].[c-]1c(-n2[c-][n+](-c3ccccc3)c3ccccc32)ccc2c3cccc4c5ccccc5n(c12)c34.